The second-order valence-electron chi connectivity index (χ2n) is 7.68. The van der Waals surface area contributed by atoms with Crippen LogP contribution in [0.25, 0.3) is 22.3 Å². The number of hydrogen-bond donors (Lipinski definition) is 2. The summed E-state index contributed by atoms with van der Waals surface area (Å²) in [6.07, 6.45) is 4.84. The topological polar surface area (TPSA) is 38.0 Å². The summed E-state index contributed by atoms with van der Waals surface area (Å²) in [7, 11) is 0. The molecule has 27 heavy (non-hydrogen) atoms. The van der Waals surface area contributed by atoms with E-state index in [2.05, 4.69) is 84.2 Å². The van der Waals surface area contributed by atoms with Crippen molar-refractivity contribution in [2.75, 3.05) is 11.9 Å². The van der Waals surface area contributed by atoms with Gasteiger partial charge in [-0.3, -0.25) is 0 Å². The molecule has 0 atom stereocenters. The Morgan fingerprint density at radius 2 is 1.11 bits per heavy atom. The summed E-state index contributed by atoms with van der Waals surface area (Å²) in [5.41, 5.74) is 12.2. The predicted molar refractivity (Wildman–Crippen MR) is 116 cm³/mol. The molecule has 1 fully saturated rings. The van der Waals surface area contributed by atoms with Crippen molar-refractivity contribution in [2.45, 2.75) is 31.7 Å². The molecule has 4 rings (SSSR count). The number of nitrogens with one attached hydrogen (secondary N) is 1. The van der Waals surface area contributed by atoms with Gasteiger partial charge in [0.2, 0.25) is 0 Å². The van der Waals surface area contributed by atoms with E-state index < -0.39 is 0 Å². The van der Waals surface area contributed by atoms with Crippen LogP contribution in [0.4, 0.5) is 5.69 Å². The van der Waals surface area contributed by atoms with E-state index in [1.165, 1.54) is 53.6 Å². The van der Waals surface area contributed by atoms with Crippen molar-refractivity contribution in [3.05, 3.63) is 78.9 Å². The van der Waals surface area contributed by atoms with Gasteiger partial charge in [-0.2, -0.15) is 0 Å². The van der Waals surface area contributed by atoms with E-state index in [1.54, 1.807) is 0 Å². The highest BCUT2D eigenvalue weighted by Crippen LogP contribution is 2.27. The highest BCUT2D eigenvalue weighted by Gasteiger charge is 2.17. The van der Waals surface area contributed by atoms with Crippen molar-refractivity contribution >= 4 is 5.69 Å². The maximum absolute atomic E-state index is 6.00. The van der Waals surface area contributed by atoms with Crippen LogP contribution in [-0.4, -0.2) is 12.6 Å². The van der Waals surface area contributed by atoms with Crippen LogP contribution < -0.4 is 11.1 Å². The van der Waals surface area contributed by atoms with Crippen LogP contribution in [0.2, 0.25) is 0 Å². The van der Waals surface area contributed by atoms with E-state index >= 15 is 0 Å². The SMILES string of the molecule is NC1CCC(CNc2ccc(-c3ccc(-c4ccccc4)cc3)cc2)CC1. The molecule has 0 radical (unpaired) electrons. The highest BCUT2D eigenvalue weighted by atomic mass is 14.9. The van der Waals surface area contributed by atoms with Gasteiger partial charge >= 0.3 is 0 Å². The zero-order valence-corrected chi connectivity index (χ0v) is 15.8. The van der Waals surface area contributed by atoms with E-state index in [9.17, 15) is 0 Å². The van der Waals surface area contributed by atoms with Crippen molar-refractivity contribution < 1.29 is 0 Å². The third kappa shape index (κ3) is 4.58. The van der Waals surface area contributed by atoms with Crippen LogP contribution in [0.1, 0.15) is 25.7 Å². The zero-order chi connectivity index (χ0) is 18.5. The van der Waals surface area contributed by atoms with Gasteiger partial charge in [0.25, 0.3) is 0 Å². The zero-order valence-electron chi connectivity index (χ0n) is 15.8. The molecule has 3 aromatic carbocycles. The van der Waals surface area contributed by atoms with Crippen LogP contribution in [0.5, 0.6) is 0 Å². The van der Waals surface area contributed by atoms with Crippen LogP contribution in [0.15, 0.2) is 78.9 Å². The predicted octanol–water partition coefficient (Wildman–Crippen LogP) is 5.95. The lowest BCUT2D eigenvalue weighted by molar-refractivity contribution is 0.339. The van der Waals surface area contributed by atoms with Gasteiger partial charge in [-0.05, 0) is 66.0 Å². The molecule has 0 heterocycles. The largest absolute Gasteiger partial charge is 0.385 e. The fraction of sp³-hybridized carbons (Fsp3) is 0.280. The molecular formula is C25H28N2. The molecule has 1 aliphatic rings. The van der Waals surface area contributed by atoms with E-state index in [-0.39, 0.29) is 0 Å². The smallest absolute Gasteiger partial charge is 0.0340 e. The summed E-state index contributed by atoms with van der Waals surface area (Å²) in [6.45, 7) is 1.05. The minimum atomic E-state index is 0.425. The Balaban J connectivity index is 1.37. The van der Waals surface area contributed by atoms with Crippen LogP contribution in [0.3, 0.4) is 0 Å². The lowest BCUT2D eigenvalue weighted by Gasteiger charge is -2.26. The van der Waals surface area contributed by atoms with E-state index in [0.29, 0.717) is 6.04 Å². The second kappa shape index (κ2) is 8.41. The quantitative estimate of drug-likeness (QED) is 0.593. The number of anilines is 1. The van der Waals surface area contributed by atoms with Crippen molar-refractivity contribution in [1.82, 2.24) is 0 Å². The van der Waals surface area contributed by atoms with Gasteiger partial charge in [-0.1, -0.05) is 66.7 Å². The molecule has 0 aliphatic heterocycles. The molecule has 2 nitrogen and oxygen atoms in total. The number of hydrogen-bond acceptors (Lipinski definition) is 2. The fourth-order valence-electron chi connectivity index (χ4n) is 3.92. The Kier molecular flexibility index (Phi) is 5.55. The average molecular weight is 357 g/mol. The average Bonchev–Trinajstić information content (AvgIpc) is 2.75. The first kappa shape index (κ1) is 17.8. The van der Waals surface area contributed by atoms with Crippen molar-refractivity contribution in [2.24, 2.45) is 11.7 Å². The normalized spacial score (nSPS) is 19.6. The summed E-state index contributed by atoms with van der Waals surface area (Å²) in [5.74, 6) is 0.759. The lowest BCUT2D eigenvalue weighted by atomic mass is 9.86. The van der Waals surface area contributed by atoms with Crippen LogP contribution in [0, 0.1) is 5.92 Å². The molecule has 0 amide bonds. The molecule has 3 aromatic rings. The first-order valence-corrected chi connectivity index (χ1v) is 10.0. The molecule has 0 bridgehead atoms. The van der Waals surface area contributed by atoms with Gasteiger partial charge < -0.3 is 11.1 Å². The summed E-state index contributed by atoms with van der Waals surface area (Å²) in [6, 6.07) is 28.5. The van der Waals surface area contributed by atoms with Gasteiger partial charge in [0.15, 0.2) is 0 Å². The molecule has 0 saturated heterocycles. The van der Waals surface area contributed by atoms with E-state index in [4.69, 9.17) is 5.73 Å². The fourth-order valence-corrected chi connectivity index (χ4v) is 3.92. The lowest BCUT2D eigenvalue weighted by Crippen LogP contribution is -2.29. The van der Waals surface area contributed by atoms with Crippen molar-refractivity contribution in [3.63, 3.8) is 0 Å². The Labute approximate surface area is 162 Å². The molecule has 3 N–H and O–H groups in total. The first-order chi connectivity index (χ1) is 13.3. The first-order valence-electron chi connectivity index (χ1n) is 10.0. The standard InChI is InChI=1S/C25H28N2/c26-24-14-6-19(7-15-24)18-27-25-16-12-23(13-17-25)22-10-8-21(9-11-22)20-4-2-1-3-5-20/h1-5,8-13,16-17,19,24,27H,6-7,14-15,18,26H2. The number of benzene rings is 3. The monoisotopic (exact) mass is 356 g/mol. The molecule has 1 saturated carbocycles. The Morgan fingerprint density at radius 1 is 0.630 bits per heavy atom. The van der Waals surface area contributed by atoms with Crippen LogP contribution in [-0.2, 0) is 0 Å². The van der Waals surface area contributed by atoms with Gasteiger partial charge in [-0.25, -0.2) is 0 Å². The third-order valence-electron chi connectivity index (χ3n) is 5.70. The van der Waals surface area contributed by atoms with Gasteiger partial charge in [0.05, 0.1) is 0 Å². The maximum Gasteiger partial charge on any atom is 0.0340 e. The molecule has 0 unspecified atom stereocenters. The molecule has 0 aromatic heterocycles. The van der Waals surface area contributed by atoms with Gasteiger partial charge in [0, 0.05) is 18.3 Å². The summed E-state index contributed by atoms with van der Waals surface area (Å²) in [5, 5.41) is 3.60. The molecule has 2 heteroatoms. The van der Waals surface area contributed by atoms with E-state index in [1.807, 2.05) is 0 Å². The highest BCUT2D eigenvalue weighted by molar-refractivity contribution is 5.71. The Morgan fingerprint density at radius 3 is 1.67 bits per heavy atom. The second-order valence-corrected chi connectivity index (χ2v) is 7.68. The molecule has 1 aliphatic carbocycles. The van der Waals surface area contributed by atoms with Gasteiger partial charge in [0.1, 0.15) is 0 Å². The van der Waals surface area contributed by atoms with Gasteiger partial charge in [-0.15, -0.1) is 0 Å². The Bertz CT molecular complexity index is 830. The minimum absolute atomic E-state index is 0.425. The number of nitrogens with two attached hydrogens (primary N) is 1. The summed E-state index contributed by atoms with van der Waals surface area (Å²) >= 11 is 0. The molecule has 138 valence electrons. The summed E-state index contributed by atoms with van der Waals surface area (Å²) in [4.78, 5) is 0. The maximum atomic E-state index is 6.00. The Hall–Kier alpha value is -2.58. The molecular weight excluding hydrogens is 328 g/mol. The van der Waals surface area contributed by atoms with E-state index in [0.717, 1.165) is 12.5 Å². The number of rotatable bonds is 5. The third-order valence-corrected chi connectivity index (χ3v) is 5.70. The van der Waals surface area contributed by atoms with Crippen molar-refractivity contribution in [3.8, 4) is 22.3 Å². The summed E-state index contributed by atoms with van der Waals surface area (Å²) < 4.78 is 0. The molecule has 0 spiro atoms. The van der Waals surface area contributed by atoms with Crippen LogP contribution >= 0.6 is 0 Å². The minimum Gasteiger partial charge on any atom is -0.385 e. The van der Waals surface area contributed by atoms with Crippen molar-refractivity contribution in [1.29, 1.82) is 0 Å².